The van der Waals surface area contributed by atoms with Crippen molar-refractivity contribution in [2.24, 2.45) is 23.3 Å². The lowest BCUT2D eigenvalue weighted by Crippen LogP contribution is -2.50. The fourth-order valence-corrected chi connectivity index (χ4v) is 6.95. The minimum Gasteiger partial charge on any atom is -0.490 e. The van der Waals surface area contributed by atoms with E-state index in [0.717, 1.165) is 5.56 Å². The third-order valence-corrected chi connectivity index (χ3v) is 10.4. The molecule has 0 saturated heterocycles. The number of oxazole rings is 1. The number of pyridine rings is 1. The zero-order valence-corrected chi connectivity index (χ0v) is 37.4. The molecule has 2 aromatic heterocycles. The largest absolute Gasteiger partial charge is 0.490 e. The standard InChI is InChI=1S/C44H52ClN9O8S/c1-23(2)15-35(52-39(55)25(5)48)43(57)61-21-32(62-44(58)36(16-24(3)4)53-40(56)26(6)49)20-59-31-13-9-27(10-14-31)37-33(17-46)38(50)54-42(34(37)18-47)63-22-30-19-60-41(51-30)28-7-11-29(45)12-8-28/h7-14,19,23-26,32,35-36H,15-16,20-22,48-49H2,1-6H3,(H2,50,54)(H,52,55)(H,53,56). The third kappa shape index (κ3) is 14.4. The van der Waals surface area contributed by atoms with E-state index in [1.54, 1.807) is 48.5 Å². The number of thioether (sulfide) groups is 1. The second-order valence-electron chi connectivity index (χ2n) is 15.6. The summed E-state index contributed by atoms with van der Waals surface area (Å²) >= 11 is 7.20. The Labute approximate surface area is 375 Å². The Morgan fingerprint density at radius 1 is 0.794 bits per heavy atom. The van der Waals surface area contributed by atoms with Crippen molar-refractivity contribution < 1.29 is 37.8 Å². The van der Waals surface area contributed by atoms with E-state index in [1.165, 1.54) is 31.9 Å². The molecule has 5 unspecified atom stereocenters. The molecule has 4 aromatic rings. The van der Waals surface area contributed by atoms with Crippen molar-refractivity contribution in [3.05, 3.63) is 76.6 Å². The molecule has 0 fully saturated rings. The number of halogens is 1. The minimum atomic E-state index is -1.19. The fraction of sp³-hybridized carbons (Fsp3) is 0.409. The van der Waals surface area contributed by atoms with E-state index in [0.29, 0.717) is 22.2 Å². The average Bonchev–Trinajstić information content (AvgIpc) is 3.72. The zero-order chi connectivity index (χ0) is 46.4. The number of anilines is 1. The number of nitrogens with zero attached hydrogens (tertiary/aromatic N) is 4. The Balaban J connectivity index is 1.56. The number of ether oxygens (including phenoxy) is 3. The molecule has 0 spiro atoms. The van der Waals surface area contributed by atoms with E-state index in [9.17, 15) is 29.7 Å². The maximum atomic E-state index is 13.6. The molecule has 0 radical (unpaired) electrons. The summed E-state index contributed by atoms with van der Waals surface area (Å²) in [5.41, 5.74) is 19.9. The number of nitrogens with two attached hydrogens (primary N) is 3. The number of esters is 2. The predicted octanol–water partition coefficient (Wildman–Crippen LogP) is 5.26. The highest BCUT2D eigenvalue weighted by Gasteiger charge is 2.30. The maximum Gasteiger partial charge on any atom is 0.329 e. The molecule has 5 atom stereocenters. The fourth-order valence-electron chi connectivity index (χ4n) is 5.95. The van der Waals surface area contributed by atoms with Gasteiger partial charge in [0.25, 0.3) is 0 Å². The van der Waals surface area contributed by atoms with Crippen LogP contribution >= 0.6 is 23.4 Å². The van der Waals surface area contributed by atoms with E-state index in [4.69, 9.17) is 47.4 Å². The number of amides is 2. The summed E-state index contributed by atoms with van der Waals surface area (Å²) in [5, 5.41) is 26.5. The maximum absolute atomic E-state index is 13.6. The molecule has 0 saturated carbocycles. The first-order valence-electron chi connectivity index (χ1n) is 20.1. The smallest absolute Gasteiger partial charge is 0.329 e. The summed E-state index contributed by atoms with van der Waals surface area (Å²) in [6.07, 6.45) is 0.797. The highest BCUT2D eigenvalue weighted by atomic mass is 35.5. The molecule has 2 aromatic carbocycles. The lowest BCUT2D eigenvalue weighted by molar-refractivity contribution is -0.164. The molecule has 2 amide bonds. The molecule has 4 rings (SSSR count). The number of nitriles is 2. The van der Waals surface area contributed by atoms with Crippen LogP contribution < -0.4 is 32.6 Å². The van der Waals surface area contributed by atoms with Crippen LogP contribution in [0.3, 0.4) is 0 Å². The molecule has 334 valence electrons. The molecular weight excluding hydrogens is 850 g/mol. The van der Waals surface area contributed by atoms with Crippen molar-refractivity contribution in [3.63, 3.8) is 0 Å². The van der Waals surface area contributed by atoms with Crippen LogP contribution in [-0.2, 0) is 34.4 Å². The molecule has 8 N–H and O–H groups in total. The van der Waals surface area contributed by atoms with Gasteiger partial charge in [-0.05, 0) is 80.5 Å². The monoisotopic (exact) mass is 901 g/mol. The summed E-state index contributed by atoms with van der Waals surface area (Å²) in [4.78, 5) is 60.7. The summed E-state index contributed by atoms with van der Waals surface area (Å²) in [6, 6.07) is 13.8. The highest BCUT2D eigenvalue weighted by Crippen LogP contribution is 2.37. The third-order valence-electron chi connectivity index (χ3n) is 9.13. The van der Waals surface area contributed by atoms with Crippen LogP contribution in [0.4, 0.5) is 5.82 Å². The van der Waals surface area contributed by atoms with Gasteiger partial charge in [-0.15, -0.1) is 0 Å². The summed E-state index contributed by atoms with van der Waals surface area (Å²) in [6.45, 7) is 9.67. The number of carbonyl (C=O) groups excluding carboxylic acids is 4. The Morgan fingerprint density at radius 3 is 1.89 bits per heavy atom. The molecule has 19 heteroatoms. The van der Waals surface area contributed by atoms with E-state index < -0.39 is 60.6 Å². The normalized spacial score (nSPS) is 13.5. The molecule has 0 aliphatic rings. The van der Waals surface area contributed by atoms with Gasteiger partial charge in [-0.3, -0.25) is 9.59 Å². The van der Waals surface area contributed by atoms with Crippen LogP contribution in [0.1, 0.15) is 71.2 Å². The number of rotatable bonds is 21. The van der Waals surface area contributed by atoms with Gasteiger partial charge in [0.05, 0.1) is 23.3 Å². The Kier molecular flexibility index (Phi) is 18.3. The Hall–Kier alpha value is -6.18. The van der Waals surface area contributed by atoms with Gasteiger partial charge < -0.3 is 46.5 Å². The van der Waals surface area contributed by atoms with Gasteiger partial charge in [-0.1, -0.05) is 63.2 Å². The summed E-state index contributed by atoms with van der Waals surface area (Å²) in [5.74, 6) is -1.83. The predicted molar refractivity (Wildman–Crippen MR) is 236 cm³/mol. The molecule has 63 heavy (non-hydrogen) atoms. The summed E-state index contributed by atoms with van der Waals surface area (Å²) < 4.78 is 23.1. The van der Waals surface area contributed by atoms with Crippen molar-refractivity contribution in [1.29, 1.82) is 10.5 Å². The number of nitrogens with one attached hydrogen (secondary N) is 2. The first-order chi connectivity index (χ1) is 29.9. The van der Waals surface area contributed by atoms with Gasteiger partial charge in [0.15, 0.2) is 6.10 Å². The Morgan fingerprint density at radius 2 is 1.35 bits per heavy atom. The van der Waals surface area contributed by atoms with Crippen LogP contribution in [0.15, 0.2) is 64.2 Å². The number of nitrogen functional groups attached to an aromatic ring is 1. The molecule has 2 heterocycles. The van der Waals surface area contributed by atoms with Crippen LogP contribution in [0, 0.1) is 34.5 Å². The van der Waals surface area contributed by atoms with Crippen molar-refractivity contribution in [2.75, 3.05) is 18.9 Å². The lowest BCUT2D eigenvalue weighted by atomic mass is 9.97. The van der Waals surface area contributed by atoms with Crippen molar-refractivity contribution in [2.45, 2.75) is 95.4 Å². The van der Waals surface area contributed by atoms with Crippen molar-refractivity contribution in [1.82, 2.24) is 20.6 Å². The molecule has 0 aliphatic heterocycles. The van der Waals surface area contributed by atoms with Gasteiger partial charge in [0.2, 0.25) is 17.7 Å². The van der Waals surface area contributed by atoms with Gasteiger partial charge in [0, 0.05) is 21.9 Å². The zero-order valence-electron chi connectivity index (χ0n) is 35.8. The minimum absolute atomic E-state index is 0.00199. The van der Waals surface area contributed by atoms with Crippen molar-refractivity contribution >= 4 is 52.9 Å². The van der Waals surface area contributed by atoms with Gasteiger partial charge in [-0.2, -0.15) is 10.5 Å². The topological polar surface area (TPSA) is 285 Å². The van der Waals surface area contributed by atoms with Crippen LogP contribution in [0.2, 0.25) is 5.02 Å². The lowest BCUT2D eigenvalue weighted by Gasteiger charge is -2.25. The average molecular weight is 902 g/mol. The van der Waals surface area contributed by atoms with Gasteiger partial charge in [-0.25, -0.2) is 19.6 Å². The summed E-state index contributed by atoms with van der Waals surface area (Å²) in [7, 11) is 0. The molecule has 0 aliphatic carbocycles. The van der Waals surface area contributed by atoms with Crippen molar-refractivity contribution in [3.8, 4) is 40.5 Å². The quantitative estimate of drug-likeness (QED) is 0.0526. The number of hydrogen-bond donors (Lipinski definition) is 5. The van der Waals surface area contributed by atoms with E-state index in [2.05, 4.69) is 32.7 Å². The van der Waals surface area contributed by atoms with Gasteiger partial charge >= 0.3 is 11.9 Å². The molecule has 17 nitrogen and oxygen atoms in total. The second kappa shape index (κ2) is 23.3. The van der Waals surface area contributed by atoms with E-state index >= 15 is 0 Å². The number of carbonyl (C=O) groups is 4. The SMILES string of the molecule is CC(C)CC(NC(=O)C(C)N)C(=O)OCC(COc1ccc(-c2c(C#N)c(N)nc(SCc3coc(-c4ccc(Cl)cc4)n3)c2C#N)cc1)OC(=O)C(CC(C)C)NC(=O)C(C)N. The molecule has 0 bridgehead atoms. The number of aromatic nitrogens is 2. The van der Waals surface area contributed by atoms with Crippen LogP contribution in [-0.4, -0.2) is 77.2 Å². The van der Waals surface area contributed by atoms with E-state index in [1.807, 2.05) is 27.7 Å². The second-order valence-corrected chi connectivity index (χ2v) is 17.0. The number of hydrogen-bond acceptors (Lipinski definition) is 16. The molecular formula is C44H52ClN9O8S. The Bertz CT molecular complexity index is 2310. The van der Waals surface area contributed by atoms with E-state index in [-0.39, 0.29) is 70.3 Å². The highest BCUT2D eigenvalue weighted by molar-refractivity contribution is 7.98. The first-order valence-corrected chi connectivity index (χ1v) is 21.5. The first kappa shape index (κ1) is 49.5. The number of benzene rings is 2. The van der Waals surface area contributed by atoms with Crippen LogP contribution in [0.25, 0.3) is 22.6 Å². The van der Waals surface area contributed by atoms with Crippen LogP contribution in [0.5, 0.6) is 5.75 Å². The van der Waals surface area contributed by atoms with Gasteiger partial charge in [0.1, 0.15) is 65.9 Å².